The van der Waals surface area contributed by atoms with E-state index < -0.39 is 24.9 Å². The number of nitrogens with zero attached hydrogens (tertiary/aromatic N) is 1. The van der Waals surface area contributed by atoms with Crippen LogP contribution < -0.4 is 10.6 Å². The lowest BCUT2D eigenvalue weighted by Gasteiger charge is -2.09. The molecule has 7 heteroatoms. The minimum Gasteiger partial charge on any atom is -0.348 e. The van der Waals surface area contributed by atoms with Gasteiger partial charge in [0.2, 0.25) is 5.91 Å². The van der Waals surface area contributed by atoms with Gasteiger partial charge in [-0.25, -0.2) is 13.8 Å². The van der Waals surface area contributed by atoms with Crippen molar-refractivity contribution in [2.75, 3.05) is 6.54 Å². The summed E-state index contributed by atoms with van der Waals surface area (Å²) in [5, 5.41) is 5.95. The predicted molar refractivity (Wildman–Crippen MR) is 64.7 cm³/mol. The Labute approximate surface area is 108 Å². The van der Waals surface area contributed by atoms with Gasteiger partial charge < -0.3 is 5.32 Å². The molecule has 1 fully saturated rings. The van der Waals surface area contributed by atoms with Gasteiger partial charge in [-0.1, -0.05) is 6.92 Å². The molecule has 0 radical (unpaired) electrons. The van der Waals surface area contributed by atoms with E-state index in [-0.39, 0.29) is 5.91 Å². The monoisotopic (exact) mass is 275 g/mol. The Morgan fingerprint density at radius 2 is 2.50 bits per heavy atom. The van der Waals surface area contributed by atoms with Crippen LogP contribution in [0.4, 0.5) is 8.78 Å². The second kappa shape index (κ2) is 5.27. The molecule has 1 saturated heterocycles. The van der Waals surface area contributed by atoms with Crippen molar-refractivity contribution in [1.82, 2.24) is 15.6 Å². The highest BCUT2D eigenvalue weighted by molar-refractivity contribution is 7.11. The van der Waals surface area contributed by atoms with Gasteiger partial charge in [-0.3, -0.25) is 10.1 Å². The Hall–Kier alpha value is -1.08. The normalized spacial score (nSPS) is 22.1. The van der Waals surface area contributed by atoms with E-state index in [1.807, 2.05) is 6.92 Å². The Morgan fingerprint density at radius 3 is 3.06 bits per heavy atom. The number of carbonyl (C=O) groups is 1. The zero-order chi connectivity index (χ0) is 13.2. The lowest BCUT2D eigenvalue weighted by atomic mass is 10.2. The third-order valence-electron chi connectivity index (χ3n) is 2.79. The highest BCUT2D eigenvalue weighted by atomic mass is 32.1. The van der Waals surface area contributed by atoms with Crippen LogP contribution >= 0.6 is 11.3 Å². The molecule has 1 aromatic rings. The van der Waals surface area contributed by atoms with Gasteiger partial charge in [-0.2, -0.15) is 0 Å². The molecule has 2 heterocycles. The quantitative estimate of drug-likeness (QED) is 0.871. The fraction of sp³-hybridized carbons (Fsp3) is 0.636. The molecule has 1 amide bonds. The molecular weight excluding hydrogens is 260 g/mol. The maximum atomic E-state index is 12.9. The molecule has 1 aliphatic rings. The van der Waals surface area contributed by atoms with Crippen LogP contribution in [-0.2, 0) is 17.8 Å². The Balaban J connectivity index is 1.82. The molecule has 0 spiro atoms. The Bertz CT molecular complexity index is 436. The van der Waals surface area contributed by atoms with Crippen LogP contribution in [0.25, 0.3) is 0 Å². The van der Waals surface area contributed by atoms with E-state index in [2.05, 4.69) is 15.6 Å². The van der Waals surface area contributed by atoms with Crippen molar-refractivity contribution in [3.63, 3.8) is 0 Å². The van der Waals surface area contributed by atoms with Crippen LogP contribution in [0.2, 0.25) is 0 Å². The number of hydrogen-bond acceptors (Lipinski definition) is 4. The van der Waals surface area contributed by atoms with E-state index in [9.17, 15) is 13.6 Å². The minimum absolute atomic E-state index is 0.299. The average molecular weight is 275 g/mol. The summed E-state index contributed by atoms with van der Waals surface area (Å²) in [6, 6.07) is -0.800. The van der Waals surface area contributed by atoms with Crippen molar-refractivity contribution in [2.45, 2.75) is 38.3 Å². The second-order valence-electron chi connectivity index (χ2n) is 4.29. The van der Waals surface area contributed by atoms with Gasteiger partial charge in [-0.15, -0.1) is 11.3 Å². The van der Waals surface area contributed by atoms with E-state index in [1.54, 1.807) is 6.20 Å². The number of nitrogens with one attached hydrogen (secondary N) is 2. The number of amides is 1. The van der Waals surface area contributed by atoms with Crippen LogP contribution in [0, 0.1) is 0 Å². The number of halogens is 2. The zero-order valence-electron chi connectivity index (χ0n) is 10.0. The van der Waals surface area contributed by atoms with Crippen molar-refractivity contribution in [1.29, 1.82) is 0 Å². The Kier molecular flexibility index (Phi) is 3.91. The lowest BCUT2D eigenvalue weighted by molar-refractivity contribution is -0.123. The first kappa shape index (κ1) is 13.4. The summed E-state index contributed by atoms with van der Waals surface area (Å²) in [6.07, 6.45) is 2.24. The van der Waals surface area contributed by atoms with Crippen molar-refractivity contribution in [3.05, 3.63) is 16.1 Å². The van der Waals surface area contributed by atoms with E-state index in [0.717, 1.165) is 16.3 Å². The molecule has 0 aliphatic carbocycles. The summed E-state index contributed by atoms with van der Waals surface area (Å²) in [4.78, 5) is 16.9. The fourth-order valence-electron chi connectivity index (χ4n) is 1.78. The number of aromatic nitrogens is 1. The zero-order valence-corrected chi connectivity index (χ0v) is 10.8. The summed E-state index contributed by atoms with van der Waals surface area (Å²) in [6.45, 7) is 1.90. The van der Waals surface area contributed by atoms with Gasteiger partial charge in [0.25, 0.3) is 5.92 Å². The number of rotatable bonds is 4. The molecule has 1 aliphatic heterocycles. The van der Waals surface area contributed by atoms with Gasteiger partial charge in [-0.05, 0) is 6.42 Å². The van der Waals surface area contributed by atoms with Crippen LogP contribution in [0.3, 0.4) is 0 Å². The minimum atomic E-state index is -2.78. The largest absolute Gasteiger partial charge is 0.348 e. The van der Waals surface area contributed by atoms with Gasteiger partial charge >= 0.3 is 0 Å². The van der Waals surface area contributed by atoms with Crippen molar-refractivity contribution in [3.8, 4) is 0 Å². The second-order valence-corrected chi connectivity index (χ2v) is 5.48. The summed E-state index contributed by atoms with van der Waals surface area (Å²) in [7, 11) is 0. The van der Waals surface area contributed by atoms with E-state index in [0.29, 0.717) is 6.54 Å². The van der Waals surface area contributed by atoms with E-state index in [4.69, 9.17) is 0 Å². The smallest absolute Gasteiger partial charge is 0.262 e. The molecule has 1 unspecified atom stereocenters. The summed E-state index contributed by atoms with van der Waals surface area (Å²) in [5.74, 6) is -3.17. The fourth-order valence-corrected chi connectivity index (χ4v) is 2.58. The van der Waals surface area contributed by atoms with Crippen LogP contribution in [0.5, 0.6) is 0 Å². The van der Waals surface area contributed by atoms with Crippen molar-refractivity contribution in [2.24, 2.45) is 0 Å². The molecule has 1 aromatic heterocycles. The first-order valence-corrected chi connectivity index (χ1v) is 6.64. The lowest BCUT2D eigenvalue weighted by Crippen LogP contribution is -2.39. The van der Waals surface area contributed by atoms with Gasteiger partial charge in [0.1, 0.15) is 5.01 Å². The maximum absolute atomic E-state index is 12.9. The average Bonchev–Trinajstić information content (AvgIpc) is 2.92. The summed E-state index contributed by atoms with van der Waals surface area (Å²) < 4.78 is 25.8. The molecular formula is C11H15F2N3OS. The highest BCUT2D eigenvalue weighted by Crippen LogP contribution is 2.25. The van der Waals surface area contributed by atoms with E-state index >= 15 is 0 Å². The molecule has 1 atom stereocenters. The molecule has 0 bridgehead atoms. The number of thiazole rings is 1. The number of alkyl halides is 2. The van der Waals surface area contributed by atoms with Crippen LogP contribution in [0.15, 0.2) is 6.20 Å². The SMILES string of the molecule is CCc1cnc(CNC(=O)C2CC(F)(F)CN2)s1. The third-order valence-corrected chi connectivity index (χ3v) is 3.93. The first-order chi connectivity index (χ1) is 8.50. The van der Waals surface area contributed by atoms with E-state index in [1.165, 1.54) is 11.3 Å². The van der Waals surface area contributed by atoms with Gasteiger partial charge in [0, 0.05) is 17.5 Å². The maximum Gasteiger partial charge on any atom is 0.262 e. The molecule has 4 nitrogen and oxygen atoms in total. The van der Waals surface area contributed by atoms with Crippen LogP contribution in [-0.4, -0.2) is 29.4 Å². The molecule has 100 valence electrons. The molecule has 0 aromatic carbocycles. The number of aryl methyl sites for hydroxylation is 1. The first-order valence-electron chi connectivity index (χ1n) is 5.82. The van der Waals surface area contributed by atoms with Gasteiger partial charge in [0.05, 0.1) is 19.1 Å². The van der Waals surface area contributed by atoms with Crippen LogP contribution in [0.1, 0.15) is 23.2 Å². The third kappa shape index (κ3) is 3.23. The van der Waals surface area contributed by atoms with Gasteiger partial charge in [0.15, 0.2) is 0 Å². The molecule has 2 N–H and O–H groups in total. The summed E-state index contributed by atoms with van der Waals surface area (Å²) >= 11 is 1.52. The topological polar surface area (TPSA) is 54.0 Å². The van der Waals surface area contributed by atoms with Crippen molar-refractivity contribution >= 4 is 17.2 Å². The number of carbonyl (C=O) groups excluding carboxylic acids is 1. The highest BCUT2D eigenvalue weighted by Gasteiger charge is 2.42. The summed E-state index contributed by atoms with van der Waals surface area (Å²) in [5.41, 5.74) is 0. The predicted octanol–water partition coefficient (Wildman–Crippen LogP) is 1.32. The molecule has 2 rings (SSSR count). The standard InChI is InChI=1S/C11H15F2N3OS/c1-2-7-4-14-9(18-7)5-15-10(17)8-3-11(12,13)6-16-8/h4,8,16H,2-3,5-6H2,1H3,(H,15,17). The number of hydrogen-bond donors (Lipinski definition) is 2. The molecule has 0 saturated carbocycles. The Morgan fingerprint density at radius 1 is 1.72 bits per heavy atom. The van der Waals surface area contributed by atoms with Crippen molar-refractivity contribution < 1.29 is 13.6 Å². The molecule has 18 heavy (non-hydrogen) atoms.